The first-order valence-electron chi connectivity index (χ1n) is 15.3. The van der Waals surface area contributed by atoms with Crippen LogP contribution < -0.4 is 10.6 Å². The summed E-state index contributed by atoms with van der Waals surface area (Å²) in [6.45, 7) is 13.0. The summed E-state index contributed by atoms with van der Waals surface area (Å²) in [4.78, 5) is 43.6. The van der Waals surface area contributed by atoms with E-state index in [4.69, 9.17) is 4.98 Å². The van der Waals surface area contributed by atoms with Crippen LogP contribution >= 0.6 is 0 Å². The van der Waals surface area contributed by atoms with Crippen molar-refractivity contribution < 1.29 is 17.6 Å². The van der Waals surface area contributed by atoms with E-state index in [0.717, 1.165) is 0 Å². The Labute approximate surface area is 269 Å². The Hall–Kier alpha value is -4.98. The molecular formula is C33H33FN8O4S. The zero-order valence-corrected chi connectivity index (χ0v) is 27.4. The van der Waals surface area contributed by atoms with Gasteiger partial charge in [-0.15, -0.1) is 0 Å². The predicted octanol–water partition coefficient (Wildman–Crippen LogP) is 3.98. The highest BCUT2D eigenvalue weighted by molar-refractivity contribution is 7.91. The molecule has 2 aliphatic heterocycles. The van der Waals surface area contributed by atoms with Gasteiger partial charge in [0, 0.05) is 36.3 Å². The lowest BCUT2D eigenvalue weighted by molar-refractivity contribution is -0.128. The number of aryl methyl sites for hydroxylation is 2. The molecule has 1 saturated heterocycles. The number of benzene rings is 1. The lowest BCUT2D eigenvalue weighted by Crippen LogP contribution is -2.60. The number of aromatic amines is 1. The second kappa shape index (κ2) is 10.8. The van der Waals surface area contributed by atoms with Crippen LogP contribution in [0.3, 0.4) is 0 Å². The van der Waals surface area contributed by atoms with Crippen molar-refractivity contribution in [3.05, 3.63) is 76.4 Å². The van der Waals surface area contributed by atoms with Crippen molar-refractivity contribution in [1.29, 1.82) is 0 Å². The molecule has 0 aliphatic carbocycles. The number of hydrogen-bond acceptors (Lipinski definition) is 9. The van der Waals surface area contributed by atoms with Crippen LogP contribution in [-0.2, 0) is 14.6 Å². The van der Waals surface area contributed by atoms with Gasteiger partial charge in [0.2, 0.25) is 5.91 Å². The zero-order chi connectivity index (χ0) is 33.5. The van der Waals surface area contributed by atoms with Crippen LogP contribution in [0.5, 0.6) is 0 Å². The molecule has 5 aromatic rings. The summed E-state index contributed by atoms with van der Waals surface area (Å²) in [6, 6.07) is 4.12. The molecule has 6 heterocycles. The number of nitrogens with one attached hydrogen (secondary N) is 1. The first-order chi connectivity index (χ1) is 22.3. The Morgan fingerprint density at radius 1 is 1.15 bits per heavy atom. The maximum Gasteiger partial charge on any atom is 0.355 e. The van der Waals surface area contributed by atoms with Crippen LogP contribution in [0, 0.1) is 19.7 Å². The number of pyridine rings is 2. The highest BCUT2D eigenvalue weighted by Crippen LogP contribution is 2.43. The number of hydrogen-bond donors (Lipinski definition) is 1. The number of fused-ring (bicyclic) bond motifs is 3. The SMILES string of the molecule is C=CC(=O)N1CC2CS(=O)(=O)c3c(F)c(-c4c(C)ccc5[nH]ncc45)nc4c3c(nc(=O)n4-c3c(C)ccnc3C(C)C)N2CC1C. The lowest BCUT2D eigenvalue weighted by Gasteiger charge is -2.44. The van der Waals surface area contributed by atoms with Gasteiger partial charge in [-0.25, -0.2) is 27.2 Å². The average molecular weight is 657 g/mol. The monoisotopic (exact) mass is 656 g/mol. The van der Waals surface area contributed by atoms with Gasteiger partial charge in [-0.1, -0.05) is 26.5 Å². The molecule has 1 fully saturated rings. The van der Waals surface area contributed by atoms with Crippen LogP contribution in [-0.4, -0.2) is 79.9 Å². The van der Waals surface area contributed by atoms with Gasteiger partial charge in [-0.05, 0) is 56.0 Å². The van der Waals surface area contributed by atoms with Crippen LogP contribution in [0.2, 0.25) is 0 Å². The van der Waals surface area contributed by atoms with E-state index in [0.29, 0.717) is 39.0 Å². The van der Waals surface area contributed by atoms with Crippen molar-refractivity contribution in [3.63, 3.8) is 0 Å². The molecule has 0 saturated carbocycles. The molecule has 2 atom stereocenters. The second-order valence-corrected chi connectivity index (χ2v) is 14.6. The molecule has 0 bridgehead atoms. The molecule has 0 spiro atoms. The van der Waals surface area contributed by atoms with Crippen molar-refractivity contribution in [1.82, 2.24) is 34.6 Å². The summed E-state index contributed by atoms with van der Waals surface area (Å²) in [5.74, 6) is -2.02. The molecule has 12 nitrogen and oxygen atoms in total. The van der Waals surface area contributed by atoms with E-state index >= 15 is 4.39 Å². The van der Waals surface area contributed by atoms with E-state index in [1.807, 2.05) is 27.7 Å². The molecule has 47 heavy (non-hydrogen) atoms. The summed E-state index contributed by atoms with van der Waals surface area (Å²) in [6.07, 6.45) is 4.36. The third-order valence-electron chi connectivity index (χ3n) is 9.19. The lowest BCUT2D eigenvalue weighted by atomic mass is 9.99. The average Bonchev–Trinajstić information content (AvgIpc) is 3.47. The molecule has 7 rings (SSSR count). The standard InChI is InChI=1S/C33H33FN8O4S/c1-7-23(43)40-14-20-15-47(45,46)30-25-31(41(20)13-19(40)6)38-33(44)42(29-18(5)10-11-35-27(29)16(2)3)32(25)37-28(26(30)34)24-17(4)8-9-22-21(24)12-36-39-22/h7-12,16,19-20H,1,13-15H2,2-6H3,(H,36,39). The third kappa shape index (κ3) is 4.56. The molecule has 2 aliphatic rings. The van der Waals surface area contributed by atoms with Crippen LogP contribution in [0.1, 0.15) is 43.5 Å². The maximum absolute atomic E-state index is 17.2. The first-order valence-corrected chi connectivity index (χ1v) is 17.0. The van der Waals surface area contributed by atoms with Gasteiger partial charge >= 0.3 is 5.69 Å². The van der Waals surface area contributed by atoms with E-state index in [1.54, 1.807) is 36.2 Å². The van der Waals surface area contributed by atoms with Crippen molar-refractivity contribution in [3.8, 4) is 16.9 Å². The number of nitrogens with zero attached hydrogens (tertiary/aromatic N) is 7. The quantitative estimate of drug-likeness (QED) is 0.284. The maximum atomic E-state index is 17.2. The topological polar surface area (TPSA) is 147 Å². The fourth-order valence-electron chi connectivity index (χ4n) is 6.97. The fourth-order valence-corrected chi connectivity index (χ4v) is 8.80. The van der Waals surface area contributed by atoms with Crippen molar-refractivity contribution in [2.24, 2.45) is 0 Å². The predicted molar refractivity (Wildman–Crippen MR) is 176 cm³/mol. The molecule has 0 radical (unpaired) electrons. The van der Waals surface area contributed by atoms with Crippen LogP contribution in [0.25, 0.3) is 38.9 Å². The summed E-state index contributed by atoms with van der Waals surface area (Å²) in [5, 5.41) is 7.47. The second-order valence-electron chi connectivity index (χ2n) is 12.6. The van der Waals surface area contributed by atoms with Gasteiger partial charge in [0.05, 0.1) is 40.3 Å². The molecule has 242 valence electrons. The summed E-state index contributed by atoms with van der Waals surface area (Å²) in [5.41, 5.74) is 2.28. The van der Waals surface area contributed by atoms with Gasteiger partial charge in [-0.2, -0.15) is 10.1 Å². The summed E-state index contributed by atoms with van der Waals surface area (Å²) >= 11 is 0. The van der Waals surface area contributed by atoms with E-state index < -0.39 is 38.0 Å². The molecule has 2 unspecified atom stereocenters. The fraction of sp³-hybridized carbons (Fsp3) is 0.333. The van der Waals surface area contributed by atoms with Crippen LogP contribution in [0.15, 0.2) is 52.9 Å². The van der Waals surface area contributed by atoms with Crippen molar-refractivity contribution >= 4 is 43.5 Å². The van der Waals surface area contributed by atoms with Gasteiger partial charge in [0.25, 0.3) is 0 Å². The Balaban J connectivity index is 1.66. The number of carbonyl (C=O) groups is 1. The summed E-state index contributed by atoms with van der Waals surface area (Å²) in [7, 11) is -4.41. The molecule has 1 aromatic carbocycles. The minimum atomic E-state index is -4.41. The number of rotatable bonds is 4. The molecule has 14 heteroatoms. The minimum Gasteiger partial charge on any atom is -0.348 e. The van der Waals surface area contributed by atoms with Gasteiger partial charge < -0.3 is 9.80 Å². The first kappa shape index (κ1) is 30.7. The number of amides is 1. The Morgan fingerprint density at radius 2 is 1.91 bits per heavy atom. The number of sulfone groups is 1. The molecule has 4 aromatic heterocycles. The van der Waals surface area contributed by atoms with Crippen LogP contribution in [0.4, 0.5) is 10.2 Å². The van der Waals surface area contributed by atoms with E-state index in [1.165, 1.54) is 21.7 Å². The molecule has 1 N–H and O–H groups in total. The number of anilines is 1. The normalized spacial score (nSPS) is 18.9. The van der Waals surface area contributed by atoms with Gasteiger partial charge in [-0.3, -0.25) is 14.9 Å². The Morgan fingerprint density at radius 3 is 2.64 bits per heavy atom. The smallest absolute Gasteiger partial charge is 0.348 e. The number of piperazine rings is 1. The highest BCUT2D eigenvalue weighted by atomic mass is 32.2. The number of aromatic nitrogens is 6. The van der Waals surface area contributed by atoms with Gasteiger partial charge in [0.15, 0.2) is 21.3 Å². The number of halogens is 1. The number of carbonyl (C=O) groups excluding carboxylic acids is 1. The minimum absolute atomic E-state index is 0.0139. The largest absolute Gasteiger partial charge is 0.355 e. The Kier molecular flexibility index (Phi) is 7.04. The zero-order valence-electron chi connectivity index (χ0n) is 26.6. The van der Waals surface area contributed by atoms with Gasteiger partial charge in [0.1, 0.15) is 16.4 Å². The highest BCUT2D eigenvalue weighted by Gasteiger charge is 2.44. The molecular weight excluding hydrogens is 623 g/mol. The summed E-state index contributed by atoms with van der Waals surface area (Å²) < 4.78 is 47.5. The van der Waals surface area contributed by atoms with E-state index in [-0.39, 0.29) is 53.5 Å². The Bertz CT molecular complexity index is 2330. The molecule has 1 amide bonds. The third-order valence-corrected chi connectivity index (χ3v) is 11.0. The van der Waals surface area contributed by atoms with Crippen molar-refractivity contribution in [2.45, 2.75) is 57.5 Å². The van der Waals surface area contributed by atoms with Crippen molar-refractivity contribution in [2.75, 3.05) is 23.7 Å². The number of H-pyrrole nitrogens is 1. The van der Waals surface area contributed by atoms with E-state index in [9.17, 15) is 18.0 Å². The van der Waals surface area contributed by atoms with E-state index in [2.05, 4.69) is 26.7 Å².